The maximum atomic E-state index is 9.68. The molecule has 4 N–H and O–H groups in total. The van der Waals surface area contributed by atoms with Crippen molar-refractivity contribution in [2.24, 2.45) is 5.73 Å². The number of aliphatic hydroxyl groups excluding tert-OH is 2. The lowest BCUT2D eigenvalue weighted by Gasteiger charge is -2.19. The van der Waals surface area contributed by atoms with E-state index >= 15 is 0 Å². The molecular formula is C10H19N3O2. The summed E-state index contributed by atoms with van der Waals surface area (Å²) in [4.78, 5) is 0. The number of aliphatic hydroxyl groups is 2. The highest BCUT2D eigenvalue weighted by molar-refractivity contribution is 5.10. The van der Waals surface area contributed by atoms with Crippen LogP contribution in [0.3, 0.4) is 0 Å². The first-order chi connectivity index (χ1) is 6.86. The van der Waals surface area contributed by atoms with Gasteiger partial charge in [0.25, 0.3) is 0 Å². The van der Waals surface area contributed by atoms with Gasteiger partial charge in [-0.1, -0.05) is 0 Å². The lowest BCUT2D eigenvalue weighted by atomic mass is 10.1. The van der Waals surface area contributed by atoms with E-state index in [-0.39, 0.29) is 12.1 Å². The summed E-state index contributed by atoms with van der Waals surface area (Å²) in [5, 5.41) is 23.2. The normalized spacial score (nSPS) is 16.4. The van der Waals surface area contributed by atoms with Crippen LogP contribution in [0.2, 0.25) is 0 Å². The number of hydrogen-bond acceptors (Lipinski definition) is 4. The zero-order valence-electron chi connectivity index (χ0n) is 9.38. The maximum absolute atomic E-state index is 9.68. The van der Waals surface area contributed by atoms with Crippen LogP contribution >= 0.6 is 0 Å². The van der Waals surface area contributed by atoms with Crippen LogP contribution in [-0.4, -0.2) is 32.6 Å². The monoisotopic (exact) mass is 213 g/mol. The summed E-state index contributed by atoms with van der Waals surface area (Å²) in [5.41, 5.74) is 5.72. The molecule has 0 aliphatic heterocycles. The van der Waals surface area contributed by atoms with Crippen molar-refractivity contribution in [2.75, 3.05) is 6.54 Å². The van der Waals surface area contributed by atoms with E-state index in [0.29, 0.717) is 5.56 Å². The van der Waals surface area contributed by atoms with Gasteiger partial charge in [0.05, 0.1) is 17.8 Å². The zero-order valence-corrected chi connectivity index (χ0v) is 9.38. The molecule has 0 fully saturated rings. The van der Waals surface area contributed by atoms with Gasteiger partial charge >= 0.3 is 0 Å². The molecule has 0 amide bonds. The number of rotatable bonds is 3. The average molecular weight is 213 g/mol. The van der Waals surface area contributed by atoms with Crippen LogP contribution in [0.4, 0.5) is 0 Å². The summed E-state index contributed by atoms with van der Waals surface area (Å²) < 4.78 is 1.74. The molecular weight excluding hydrogens is 194 g/mol. The smallest absolute Gasteiger partial charge is 0.109 e. The van der Waals surface area contributed by atoms with E-state index in [4.69, 9.17) is 5.73 Å². The Balaban J connectivity index is 2.85. The molecule has 0 saturated carbocycles. The van der Waals surface area contributed by atoms with Gasteiger partial charge in [0.2, 0.25) is 0 Å². The highest BCUT2D eigenvalue weighted by Gasteiger charge is 2.21. The first-order valence-electron chi connectivity index (χ1n) is 4.97. The van der Waals surface area contributed by atoms with E-state index in [9.17, 15) is 10.2 Å². The lowest BCUT2D eigenvalue weighted by Crippen LogP contribution is -2.27. The van der Waals surface area contributed by atoms with Gasteiger partial charge in [0.15, 0.2) is 0 Å². The predicted molar refractivity (Wildman–Crippen MR) is 57.2 cm³/mol. The van der Waals surface area contributed by atoms with Crippen LogP contribution in [0.15, 0.2) is 12.4 Å². The third-order valence-corrected chi connectivity index (χ3v) is 2.24. The second-order valence-corrected chi connectivity index (χ2v) is 4.64. The molecule has 15 heavy (non-hydrogen) atoms. The molecule has 0 radical (unpaired) electrons. The average Bonchev–Trinajstić information content (AvgIpc) is 2.63. The SMILES string of the molecule is CC(C)(C)n1cc(C(O)C(O)CN)cn1. The third kappa shape index (κ3) is 2.77. The fraction of sp³-hybridized carbons (Fsp3) is 0.700. The molecule has 5 nitrogen and oxygen atoms in total. The highest BCUT2D eigenvalue weighted by atomic mass is 16.3. The summed E-state index contributed by atoms with van der Waals surface area (Å²) in [5.74, 6) is 0. The van der Waals surface area contributed by atoms with Crippen LogP contribution in [-0.2, 0) is 5.54 Å². The van der Waals surface area contributed by atoms with Crippen LogP contribution in [0.25, 0.3) is 0 Å². The summed E-state index contributed by atoms with van der Waals surface area (Å²) in [6.07, 6.45) is 1.37. The molecule has 2 atom stereocenters. The van der Waals surface area contributed by atoms with Gasteiger partial charge < -0.3 is 15.9 Å². The van der Waals surface area contributed by atoms with Crippen molar-refractivity contribution in [1.82, 2.24) is 9.78 Å². The minimum absolute atomic E-state index is 0.0296. The fourth-order valence-electron chi connectivity index (χ4n) is 1.21. The van der Waals surface area contributed by atoms with E-state index < -0.39 is 12.2 Å². The molecule has 0 spiro atoms. The zero-order chi connectivity index (χ0) is 11.6. The second-order valence-electron chi connectivity index (χ2n) is 4.64. The van der Waals surface area contributed by atoms with Gasteiger partial charge in [0.1, 0.15) is 6.10 Å². The van der Waals surface area contributed by atoms with E-state index in [1.807, 2.05) is 20.8 Å². The first-order valence-corrected chi connectivity index (χ1v) is 4.97. The van der Waals surface area contributed by atoms with Crippen molar-refractivity contribution in [3.63, 3.8) is 0 Å². The minimum atomic E-state index is -0.967. The van der Waals surface area contributed by atoms with Crippen LogP contribution < -0.4 is 5.73 Å². The van der Waals surface area contributed by atoms with E-state index in [1.165, 1.54) is 0 Å². The number of aromatic nitrogens is 2. The summed E-state index contributed by atoms with van der Waals surface area (Å²) in [7, 11) is 0. The highest BCUT2D eigenvalue weighted by Crippen LogP contribution is 2.19. The molecule has 1 aromatic rings. The topological polar surface area (TPSA) is 84.3 Å². The Morgan fingerprint density at radius 1 is 1.47 bits per heavy atom. The molecule has 1 heterocycles. The van der Waals surface area contributed by atoms with Crippen molar-refractivity contribution in [1.29, 1.82) is 0 Å². The summed E-state index contributed by atoms with van der Waals surface area (Å²) in [6, 6.07) is 0. The number of nitrogens with two attached hydrogens (primary N) is 1. The van der Waals surface area contributed by atoms with Gasteiger partial charge in [-0.2, -0.15) is 5.10 Å². The molecule has 0 saturated heterocycles. The van der Waals surface area contributed by atoms with Crippen LogP contribution in [0.1, 0.15) is 32.4 Å². The molecule has 0 aromatic carbocycles. The number of hydrogen-bond donors (Lipinski definition) is 3. The maximum Gasteiger partial charge on any atom is 0.109 e. The quantitative estimate of drug-likeness (QED) is 0.659. The van der Waals surface area contributed by atoms with Gasteiger partial charge in [-0.3, -0.25) is 4.68 Å². The fourth-order valence-corrected chi connectivity index (χ4v) is 1.21. The Morgan fingerprint density at radius 2 is 2.07 bits per heavy atom. The Morgan fingerprint density at radius 3 is 2.47 bits per heavy atom. The molecule has 86 valence electrons. The Bertz CT molecular complexity index is 317. The molecule has 2 unspecified atom stereocenters. The molecule has 1 aromatic heterocycles. The van der Waals surface area contributed by atoms with Gasteiger partial charge in [-0.05, 0) is 20.8 Å². The van der Waals surface area contributed by atoms with Crippen molar-refractivity contribution < 1.29 is 10.2 Å². The number of nitrogens with zero attached hydrogens (tertiary/aromatic N) is 2. The van der Waals surface area contributed by atoms with Crippen LogP contribution in [0, 0.1) is 0 Å². The molecule has 5 heteroatoms. The van der Waals surface area contributed by atoms with Crippen molar-refractivity contribution in [2.45, 2.75) is 38.5 Å². The second kappa shape index (κ2) is 4.30. The largest absolute Gasteiger partial charge is 0.389 e. The Labute approximate surface area is 89.5 Å². The first kappa shape index (κ1) is 12.2. The third-order valence-electron chi connectivity index (χ3n) is 2.24. The molecule has 0 aliphatic carbocycles. The summed E-state index contributed by atoms with van der Waals surface area (Å²) in [6.45, 7) is 6.06. The Kier molecular flexibility index (Phi) is 3.49. The summed E-state index contributed by atoms with van der Waals surface area (Å²) >= 11 is 0. The van der Waals surface area contributed by atoms with E-state index in [1.54, 1.807) is 17.1 Å². The molecule has 1 rings (SSSR count). The standard InChI is InChI=1S/C10H19N3O2/c1-10(2,3)13-6-7(5-12-13)9(15)8(14)4-11/h5-6,8-9,14-15H,4,11H2,1-3H3. The Hall–Kier alpha value is -0.910. The van der Waals surface area contributed by atoms with Gasteiger partial charge in [-0.25, -0.2) is 0 Å². The van der Waals surface area contributed by atoms with Crippen LogP contribution in [0.5, 0.6) is 0 Å². The van der Waals surface area contributed by atoms with Crippen molar-refractivity contribution >= 4 is 0 Å². The minimum Gasteiger partial charge on any atom is -0.389 e. The molecule has 0 bridgehead atoms. The van der Waals surface area contributed by atoms with Gasteiger partial charge in [0, 0.05) is 18.3 Å². The molecule has 0 aliphatic rings. The van der Waals surface area contributed by atoms with Gasteiger partial charge in [-0.15, -0.1) is 0 Å². The van der Waals surface area contributed by atoms with Crippen molar-refractivity contribution in [3.05, 3.63) is 18.0 Å². The van der Waals surface area contributed by atoms with E-state index in [0.717, 1.165) is 0 Å². The lowest BCUT2D eigenvalue weighted by molar-refractivity contribution is 0.0242. The predicted octanol–water partition coefficient (Wildman–Crippen LogP) is -0.00890. The van der Waals surface area contributed by atoms with E-state index in [2.05, 4.69) is 5.10 Å². The van der Waals surface area contributed by atoms with Crippen molar-refractivity contribution in [3.8, 4) is 0 Å².